The lowest BCUT2D eigenvalue weighted by atomic mass is 9.79. The molecule has 0 unspecified atom stereocenters. The quantitative estimate of drug-likeness (QED) is 0.591. The molecular weight excluding hydrogens is 164 g/mol. The molecule has 0 radical (unpaired) electrons. The number of hydrogen-bond donors (Lipinski definition) is 0. The molecule has 0 aromatic rings. The van der Waals surface area contributed by atoms with Crippen molar-refractivity contribution in [3.8, 4) is 0 Å². The summed E-state index contributed by atoms with van der Waals surface area (Å²) in [6, 6.07) is 0.373. The van der Waals surface area contributed by atoms with Crippen LogP contribution in [0.3, 0.4) is 0 Å². The van der Waals surface area contributed by atoms with Crippen LogP contribution in [0, 0.1) is 5.41 Å². The molecule has 0 bridgehead atoms. The largest absolute Gasteiger partial charge is 0.340 e. The zero-order valence-electron chi connectivity index (χ0n) is 8.71. The molecule has 3 nitrogen and oxygen atoms in total. The van der Waals surface area contributed by atoms with Crippen LogP contribution in [0.25, 0.3) is 0 Å². The lowest BCUT2D eigenvalue weighted by Crippen LogP contribution is -2.58. The number of amides is 1. The van der Waals surface area contributed by atoms with Crippen molar-refractivity contribution in [3.05, 3.63) is 0 Å². The lowest BCUT2D eigenvalue weighted by Gasteiger charge is -2.44. The van der Waals surface area contributed by atoms with E-state index in [0.29, 0.717) is 11.9 Å². The van der Waals surface area contributed by atoms with Gasteiger partial charge in [0.1, 0.15) is 0 Å². The van der Waals surface area contributed by atoms with E-state index in [1.165, 1.54) is 0 Å². The molecule has 0 aromatic heterocycles. The fourth-order valence-electron chi connectivity index (χ4n) is 2.62. The van der Waals surface area contributed by atoms with E-state index in [1.807, 2.05) is 4.90 Å². The van der Waals surface area contributed by atoms with Crippen molar-refractivity contribution in [1.29, 1.82) is 0 Å². The molecule has 0 aromatic carbocycles. The Balaban J connectivity index is 2.08. The Hall–Kier alpha value is -0.570. The Kier molecular flexibility index (Phi) is 1.88. The van der Waals surface area contributed by atoms with Gasteiger partial charge in [-0.2, -0.15) is 0 Å². The van der Waals surface area contributed by atoms with Gasteiger partial charge in [0.15, 0.2) is 0 Å². The average molecular weight is 182 g/mol. The van der Waals surface area contributed by atoms with E-state index in [2.05, 4.69) is 25.8 Å². The summed E-state index contributed by atoms with van der Waals surface area (Å²) < 4.78 is 0. The minimum Gasteiger partial charge on any atom is -0.340 e. The van der Waals surface area contributed by atoms with E-state index in [-0.39, 0.29) is 5.41 Å². The maximum atomic E-state index is 12.0. The fraction of sp³-hybridized carbons (Fsp3) is 0.900. The molecule has 0 atom stereocenters. The molecule has 2 rings (SSSR count). The first-order valence-corrected chi connectivity index (χ1v) is 5.05. The van der Waals surface area contributed by atoms with Crippen LogP contribution in [0.5, 0.6) is 0 Å². The Bertz CT molecular complexity index is 231. The van der Waals surface area contributed by atoms with Gasteiger partial charge in [-0.05, 0) is 27.3 Å². The second-order valence-corrected chi connectivity index (χ2v) is 4.79. The van der Waals surface area contributed by atoms with Crippen LogP contribution >= 0.6 is 0 Å². The summed E-state index contributed by atoms with van der Waals surface area (Å²) in [5.74, 6) is 0.389. The minimum atomic E-state index is 0.0129. The molecule has 2 saturated heterocycles. The maximum absolute atomic E-state index is 12.0. The number of hydrogen-bond acceptors (Lipinski definition) is 2. The summed E-state index contributed by atoms with van der Waals surface area (Å²) >= 11 is 0. The summed E-state index contributed by atoms with van der Waals surface area (Å²) in [5, 5.41) is 0. The zero-order chi connectivity index (χ0) is 9.64. The van der Waals surface area contributed by atoms with Gasteiger partial charge in [0, 0.05) is 25.7 Å². The summed E-state index contributed by atoms with van der Waals surface area (Å²) in [6.07, 6.45) is 1.06. The minimum absolute atomic E-state index is 0.0129. The van der Waals surface area contributed by atoms with Gasteiger partial charge in [-0.3, -0.25) is 4.79 Å². The van der Waals surface area contributed by atoms with E-state index >= 15 is 0 Å². The molecule has 2 aliphatic heterocycles. The predicted molar refractivity (Wildman–Crippen MR) is 51.4 cm³/mol. The SMILES string of the molecule is CC(C)N1CCC2(CN(C)C2)C1=O. The molecule has 74 valence electrons. The van der Waals surface area contributed by atoms with Crippen LogP contribution in [0.2, 0.25) is 0 Å². The van der Waals surface area contributed by atoms with Gasteiger partial charge < -0.3 is 9.80 Å². The molecular formula is C10H18N2O. The third-order valence-corrected chi connectivity index (χ3v) is 3.31. The Labute approximate surface area is 79.7 Å². The number of rotatable bonds is 1. The summed E-state index contributed by atoms with van der Waals surface area (Å²) in [6.45, 7) is 7.09. The number of carbonyl (C=O) groups is 1. The van der Waals surface area contributed by atoms with Crippen LogP contribution in [-0.2, 0) is 4.79 Å². The summed E-state index contributed by atoms with van der Waals surface area (Å²) in [7, 11) is 2.08. The third kappa shape index (κ3) is 1.17. The van der Waals surface area contributed by atoms with Crippen molar-refractivity contribution in [2.24, 2.45) is 5.41 Å². The maximum Gasteiger partial charge on any atom is 0.231 e. The molecule has 2 fully saturated rings. The smallest absolute Gasteiger partial charge is 0.231 e. The van der Waals surface area contributed by atoms with Gasteiger partial charge >= 0.3 is 0 Å². The van der Waals surface area contributed by atoms with Crippen molar-refractivity contribution in [3.63, 3.8) is 0 Å². The van der Waals surface area contributed by atoms with Crippen LogP contribution in [-0.4, -0.2) is 48.4 Å². The van der Waals surface area contributed by atoms with Crippen LogP contribution in [0.15, 0.2) is 0 Å². The monoisotopic (exact) mass is 182 g/mol. The lowest BCUT2D eigenvalue weighted by molar-refractivity contribution is -0.145. The summed E-state index contributed by atoms with van der Waals surface area (Å²) in [4.78, 5) is 16.2. The van der Waals surface area contributed by atoms with E-state index < -0.39 is 0 Å². The van der Waals surface area contributed by atoms with E-state index in [9.17, 15) is 4.79 Å². The normalized spacial score (nSPS) is 27.4. The molecule has 2 aliphatic rings. The predicted octanol–water partition coefficient (Wildman–Crippen LogP) is 0.559. The van der Waals surface area contributed by atoms with Crippen molar-refractivity contribution in [1.82, 2.24) is 9.80 Å². The molecule has 2 heterocycles. The second kappa shape index (κ2) is 2.71. The first kappa shape index (κ1) is 9.00. The molecule has 0 saturated carbocycles. The first-order valence-electron chi connectivity index (χ1n) is 5.05. The first-order chi connectivity index (χ1) is 6.05. The van der Waals surface area contributed by atoms with E-state index in [1.54, 1.807) is 0 Å². The molecule has 13 heavy (non-hydrogen) atoms. The number of nitrogens with zero attached hydrogens (tertiary/aromatic N) is 2. The highest BCUT2D eigenvalue weighted by atomic mass is 16.2. The van der Waals surface area contributed by atoms with Gasteiger partial charge in [-0.25, -0.2) is 0 Å². The van der Waals surface area contributed by atoms with Gasteiger partial charge in [-0.1, -0.05) is 0 Å². The van der Waals surface area contributed by atoms with E-state index in [0.717, 1.165) is 26.1 Å². The molecule has 1 amide bonds. The highest BCUT2D eigenvalue weighted by Crippen LogP contribution is 2.40. The van der Waals surface area contributed by atoms with Gasteiger partial charge in [0.25, 0.3) is 0 Å². The number of carbonyl (C=O) groups excluding carboxylic acids is 1. The standard InChI is InChI=1S/C10H18N2O/c1-8(2)12-5-4-10(9(12)13)6-11(3)7-10/h8H,4-7H2,1-3H3. The third-order valence-electron chi connectivity index (χ3n) is 3.31. The van der Waals surface area contributed by atoms with Crippen molar-refractivity contribution < 1.29 is 4.79 Å². The van der Waals surface area contributed by atoms with Gasteiger partial charge in [0.2, 0.25) is 5.91 Å². The van der Waals surface area contributed by atoms with Gasteiger partial charge in [-0.15, -0.1) is 0 Å². The van der Waals surface area contributed by atoms with Crippen molar-refractivity contribution >= 4 is 5.91 Å². The van der Waals surface area contributed by atoms with Crippen LogP contribution < -0.4 is 0 Å². The van der Waals surface area contributed by atoms with Crippen LogP contribution in [0.4, 0.5) is 0 Å². The summed E-state index contributed by atoms with van der Waals surface area (Å²) in [5.41, 5.74) is 0.0129. The molecule has 0 N–H and O–H groups in total. The van der Waals surface area contributed by atoms with Gasteiger partial charge in [0.05, 0.1) is 5.41 Å². The Morgan fingerprint density at radius 2 is 2.00 bits per heavy atom. The zero-order valence-corrected chi connectivity index (χ0v) is 8.71. The van der Waals surface area contributed by atoms with Crippen molar-refractivity contribution in [2.45, 2.75) is 26.3 Å². The highest BCUT2D eigenvalue weighted by Gasteiger charge is 2.53. The molecule has 1 spiro atoms. The highest BCUT2D eigenvalue weighted by molar-refractivity contribution is 5.86. The fourth-order valence-corrected chi connectivity index (χ4v) is 2.62. The Morgan fingerprint density at radius 1 is 1.38 bits per heavy atom. The Morgan fingerprint density at radius 3 is 2.38 bits per heavy atom. The molecule has 3 heteroatoms. The second-order valence-electron chi connectivity index (χ2n) is 4.79. The van der Waals surface area contributed by atoms with Crippen LogP contribution in [0.1, 0.15) is 20.3 Å². The topological polar surface area (TPSA) is 23.6 Å². The van der Waals surface area contributed by atoms with Crippen molar-refractivity contribution in [2.75, 3.05) is 26.7 Å². The average Bonchev–Trinajstić information content (AvgIpc) is 2.28. The van der Waals surface area contributed by atoms with E-state index in [4.69, 9.17) is 0 Å². The number of likely N-dealkylation sites (tertiary alicyclic amines) is 2. The molecule has 0 aliphatic carbocycles.